The van der Waals surface area contributed by atoms with Crippen LogP contribution < -0.4 is 5.32 Å². The van der Waals surface area contributed by atoms with E-state index in [-0.39, 0.29) is 24.9 Å². The monoisotopic (exact) mass is 401 g/mol. The molecule has 4 aromatic rings. The molecule has 2 heterocycles. The maximum Gasteiger partial charge on any atom is 0.311 e. The fourth-order valence-electron chi connectivity index (χ4n) is 3.07. The number of nitrogens with one attached hydrogen (secondary N) is 2. The van der Waals surface area contributed by atoms with E-state index < -0.39 is 5.97 Å². The van der Waals surface area contributed by atoms with Crippen molar-refractivity contribution in [1.82, 2.24) is 19.9 Å². The number of carbonyl (C=O) groups excluding carboxylic acids is 2. The highest BCUT2D eigenvalue weighted by Crippen LogP contribution is 2.21. The molecule has 0 atom stereocenters. The molecule has 0 spiro atoms. The second kappa shape index (κ2) is 8.52. The zero-order valence-electron chi connectivity index (χ0n) is 16.3. The number of nitrogens with zero attached hydrogens (tertiary/aromatic N) is 3. The van der Waals surface area contributed by atoms with Gasteiger partial charge >= 0.3 is 5.97 Å². The number of H-pyrrole nitrogens is 1. The van der Waals surface area contributed by atoms with Gasteiger partial charge in [0.1, 0.15) is 5.52 Å². The number of benzene rings is 2. The Hall–Kier alpha value is -4.07. The van der Waals surface area contributed by atoms with Crippen LogP contribution in [0.15, 0.2) is 60.9 Å². The number of anilines is 1. The van der Waals surface area contributed by atoms with Crippen LogP contribution in [0.4, 0.5) is 5.95 Å². The summed E-state index contributed by atoms with van der Waals surface area (Å²) in [6, 6.07) is 17.1. The number of hydrogen-bond donors (Lipinski definition) is 2. The highest BCUT2D eigenvalue weighted by molar-refractivity contribution is 6.04. The lowest BCUT2D eigenvalue weighted by atomic mass is 10.0. The fraction of sp³-hybridized carbons (Fsp3) is 0.136. The molecule has 0 aliphatic heterocycles. The van der Waals surface area contributed by atoms with Gasteiger partial charge in [0.2, 0.25) is 5.95 Å². The van der Waals surface area contributed by atoms with Gasteiger partial charge in [-0.3, -0.25) is 14.9 Å². The van der Waals surface area contributed by atoms with E-state index in [0.717, 1.165) is 11.1 Å². The lowest BCUT2D eigenvalue weighted by Crippen LogP contribution is -2.16. The molecule has 0 radical (unpaired) electrons. The summed E-state index contributed by atoms with van der Waals surface area (Å²) in [6.07, 6.45) is 1.40. The van der Waals surface area contributed by atoms with Crippen molar-refractivity contribution in [1.29, 1.82) is 0 Å². The van der Waals surface area contributed by atoms with Crippen molar-refractivity contribution in [3.05, 3.63) is 72.2 Å². The van der Waals surface area contributed by atoms with Gasteiger partial charge in [-0.25, -0.2) is 9.97 Å². The third-order valence-electron chi connectivity index (χ3n) is 4.43. The summed E-state index contributed by atoms with van der Waals surface area (Å²) in [5, 5.41) is 2.70. The standard InChI is InChI=1S/C22H19N5O3/c1-2-30-18(28)12-17-19-20(24-13-23-19)26-22(25-17)27-21(29)16-10-6-9-15(11-16)14-7-4-3-5-8-14/h3-11,13H,2,12H2,1H3,(H2,23,24,25,26,27,29). The van der Waals surface area contributed by atoms with Gasteiger partial charge in [-0.2, -0.15) is 4.98 Å². The van der Waals surface area contributed by atoms with Crippen LogP contribution in [-0.2, 0) is 16.0 Å². The van der Waals surface area contributed by atoms with E-state index in [2.05, 4.69) is 25.3 Å². The number of aromatic nitrogens is 4. The van der Waals surface area contributed by atoms with E-state index in [1.807, 2.05) is 42.5 Å². The smallest absolute Gasteiger partial charge is 0.311 e. The highest BCUT2D eigenvalue weighted by Gasteiger charge is 2.16. The minimum Gasteiger partial charge on any atom is -0.466 e. The predicted molar refractivity (Wildman–Crippen MR) is 112 cm³/mol. The van der Waals surface area contributed by atoms with Crippen molar-refractivity contribution >= 4 is 29.0 Å². The molecule has 8 heteroatoms. The van der Waals surface area contributed by atoms with Gasteiger partial charge < -0.3 is 9.72 Å². The topological polar surface area (TPSA) is 110 Å². The van der Waals surface area contributed by atoms with Crippen molar-refractivity contribution in [2.75, 3.05) is 11.9 Å². The molecule has 8 nitrogen and oxygen atoms in total. The van der Waals surface area contributed by atoms with Gasteiger partial charge in [-0.15, -0.1) is 0 Å². The van der Waals surface area contributed by atoms with Gasteiger partial charge in [-0.05, 0) is 30.2 Å². The first-order valence-corrected chi connectivity index (χ1v) is 9.46. The minimum atomic E-state index is -0.423. The van der Waals surface area contributed by atoms with Crippen LogP contribution in [-0.4, -0.2) is 38.4 Å². The van der Waals surface area contributed by atoms with Crippen molar-refractivity contribution in [2.24, 2.45) is 0 Å². The largest absolute Gasteiger partial charge is 0.466 e. The van der Waals surface area contributed by atoms with Gasteiger partial charge in [0, 0.05) is 5.56 Å². The molecule has 0 saturated carbocycles. The Bertz CT molecular complexity index is 1200. The molecule has 0 aliphatic rings. The summed E-state index contributed by atoms with van der Waals surface area (Å²) in [4.78, 5) is 40.3. The van der Waals surface area contributed by atoms with E-state index in [1.54, 1.807) is 19.1 Å². The zero-order chi connectivity index (χ0) is 20.9. The summed E-state index contributed by atoms with van der Waals surface area (Å²) in [5.41, 5.74) is 3.68. The van der Waals surface area contributed by atoms with Crippen LogP contribution in [0.2, 0.25) is 0 Å². The normalized spacial score (nSPS) is 10.7. The van der Waals surface area contributed by atoms with Gasteiger partial charge in [0.05, 0.1) is 25.0 Å². The average molecular weight is 401 g/mol. The highest BCUT2D eigenvalue weighted by atomic mass is 16.5. The fourth-order valence-corrected chi connectivity index (χ4v) is 3.07. The summed E-state index contributed by atoms with van der Waals surface area (Å²) < 4.78 is 4.99. The number of hydrogen-bond acceptors (Lipinski definition) is 6. The molecule has 150 valence electrons. The van der Waals surface area contributed by atoms with Crippen molar-refractivity contribution in [3.63, 3.8) is 0 Å². The SMILES string of the molecule is CCOC(=O)Cc1nc(NC(=O)c2cccc(-c3ccccc3)c2)nc2[nH]cnc12. The Morgan fingerprint density at radius 3 is 2.63 bits per heavy atom. The van der Waals surface area contributed by atoms with Crippen LogP contribution in [0.25, 0.3) is 22.3 Å². The molecule has 0 bridgehead atoms. The molecule has 4 rings (SSSR count). The maximum absolute atomic E-state index is 12.8. The van der Waals surface area contributed by atoms with Crippen LogP contribution in [0.1, 0.15) is 23.0 Å². The summed E-state index contributed by atoms with van der Waals surface area (Å²) in [7, 11) is 0. The molecule has 0 fully saturated rings. The predicted octanol–water partition coefficient (Wildman–Crippen LogP) is 3.38. The zero-order valence-corrected chi connectivity index (χ0v) is 16.3. The van der Waals surface area contributed by atoms with Crippen LogP contribution in [0.3, 0.4) is 0 Å². The number of ether oxygens (including phenoxy) is 1. The first kappa shape index (κ1) is 19.3. The lowest BCUT2D eigenvalue weighted by Gasteiger charge is -2.08. The molecule has 0 aliphatic carbocycles. The van der Waals surface area contributed by atoms with E-state index in [0.29, 0.717) is 22.4 Å². The molecular formula is C22H19N5O3. The minimum absolute atomic E-state index is 0.0654. The molecule has 30 heavy (non-hydrogen) atoms. The Balaban J connectivity index is 1.60. The molecule has 0 unspecified atom stereocenters. The number of imidazole rings is 1. The Kier molecular flexibility index (Phi) is 5.47. The van der Waals surface area contributed by atoms with Gasteiger partial charge in [-0.1, -0.05) is 42.5 Å². The number of amides is 1. The molecule has 2 aromatic carbocycles. The summed E-state index contributed by atoms with van der Waals surface area (Å²) in [5.74, 6) is -0.691. The second-order valence-electron chi connectivity index (χ2n) is 6.48. The van der Waals surface area contributed by atoms with Gasteiger partial charge in [0.25, 0.3) is 5.91 Å². The first-order chi connectivity index (χ1) is 14.6. The van der Waals surface area contributed by atoms with E-state index in [1.165, 1.54) is 6.33 Å². The average Bonchev–Trinajstić information content (AvgIpc) is 3.23. The third-order valence-corrected chi connectivity index (χ3v) is 4.43. The maximum atomic E-state index is 12.8. The molecular weight excluding hydrogens is 382 g/mol. The Morgan fingerprint density at radius 2 is 1.83 bits per heavy atom. The van der Waals surface area contributed by atoms with Crippen molar-refractivity contribution in [2.45, 2.75) is 13.3 Å². The molecule has 0 saturated heterocycles. The van der Waals surface area contributed by atoms with E-state index >= 15 is 0 Å². The lowest BCUT2D eigenvalue weighted by molar-refractivity contribution is -0.142. The molecule has 2 N–H and O–H groups in total. The van der Waals surface area contributed by atoms with E-state index in [4.69, 9.17) is 4.74 Å². The van der Waals surface area contributed by atoms with Crippen molar-refractivity contribution in [3.8, 4) is 11.1 Å². The molecule has 2 aromatic heterocycles. The Morgan fingerprint density at radius 1 is 1.03 bits per heavy atom. The number of rotatable bonds is 6. The summed E-state index contributed by atoms with van der Waals surface area (Å²) in [6.45, 7) is 2.01. The number of carbonyl (C=O) groups is 2. The van der Waals surface area contributed by atoms with Gasteiger partial charge in [0.15, 0.2) is 5.65 Å². The van der Waals surface area contributed by atoms with Crippen LogP contribution in [0, 0.1) is 0 Å². The van der Waals surface area contributed by atoms with E-state index in [9.17, 15) is 9.59 Å². The number of esters is 1. The number of aromatic amines is 1. The molecule has 1 amide bonds. The van der Waals surface area contributed by atoms with Crippen LogP contribution >= 0.6 is 0 Å². The third kappa shape index (κ3) is 4.17. The second-order valence-corrected chi connectivity index (χ2v) is 6.48. The quantitative estimate of drug-likeness (QED) is 0.479. The summed E-state index contributed by atoms with van der Waals surface area (Å²) >= 11 is 0. The Labute approximate surface area is 172 Å². The van der Waals surface area contributed by atoms with Crippen LogP contribution in [0.5, 0.6) is 0 Å². The number of fused-ring (bicyclic) bond motifs is 1. The first-order valence-electron chi connectivity index (χ1n) is 9.46. The van der Waals surface area contributed by atoms with Crippen molar-refractivity contribution < 1.29 is 14.3 Å².